The number of methoxy groups -OCH3 is 1. The third kappa shape index (κ3) is 4.39. The maximum atomic E-state index is 13.1. The first-order valence-electron chi connectivity index (χ1n) is 8.34. The molecule has 6 heteroatoms. The van der Waals surface area contributed by atoms with Gasteiger partial charge in [0.1, 0.15) is 5.75 Å². The van der Waals surface area contributed by atoms with Gasteiger partial charge in [-0.2, -0.15) is 13.2 Å². The minimum atomic E-state index is -4.93. The fraction of sp³-hybridized carbons (Fsp3) is 0.190. The van der Waals surface area contributed by atoms with Crippen molar-refractivity contribution in [3.63, 3.8) is 0 Å². The van der Waals surface area contributed by atoms with Crippen molar-refractivity contribution in [1.29, 1.82) is 0 Å². The van der Waals surface area contributed by atoms with Gasteiger partial charge >= 0.3 is 12.1 Å². The first kappa shape index (κ1) is 18.8. The monoisotopic (exact) mass is 373 g/mol. The summed E-state index contributed by atoms with van der Waals surface area (Å²) in [5, 5.41) is 1.74. The van der Waals surface area contributed by atoms with E-state index >= 15 is 0 Å². The zero-order valence-corrected chi connectivity index (χ0v) is 14.7. The van der Waals surface area contributed by atoms with Gasteiger partial charge in [0, 0.05) is 13.1 Å². The number of hydrogen-bond donors (Lipinski definition) is 0. The molecule has 3 aromatic carbocycles. The minimum Gasteiger partial charge on any atom is -0.497 e. The second-order valence-corrected chi connectivity index (χ2v) is 6.15. The van der Waals surface area contributed by atoms with Gasteiger partial charge in [0.2, 0.25) is 0 Å². The van der Waals surface area contributed by atoms with Crippen LogP contribution in [0.1, 0.15) is 11.1 Å². The van der Waals surface area contributed by atoms with Gasteiger partial charge in [-0.1, -0.05) is 54.6 Å². The third-order valence-electron chi connectivity index (χ3n) is 4.30. The molecule has 3 nitrogen and oxygen atoms in total. The van der Waals surface area contributed by atoms with Crippen molar-refractivity contribution in [3.8, 4) is 5.75 Å². The molecule has 0 spiro atoms. The van der Waals surface area contributed by atoms with Crippen LogP contribution in [0.3, 0.4) is 0 Å². The topological polar surface area (TPSA) is 29.5 Å². The number of halogens is 3. The Bertz CT molecular complexity index is 931. The van der Waals surface area contributed by atoms with Crippen LogP contribution in [0.5, 0.6) is 5.75 Å². The van der Waals surface area contributed by atoms with E-state index in [0.717, 1.165) is 15.7 Å². The summed E-state index contributed by atoms with van der Waals surface area (Å²) in [6.45, 7) is -0.280. The number of alkyl halides is 3. The van der Waals surface area contributed by atoms with Gasteiger partial charge in [-0.25, -0.2) is 0 Å². The molecular weight excluding hydrogens is 355 g/mol. The molecule has 1 amide bonds. The zero-order valence-electron chi connectivity index (χ0n) is 14.7. The molecule has 0 aliphatic heterocycles. The van der Waals surface area contributed by atoms with Crippen LogP contribution in [0.2, 0.25) is 0 Å². The van der Waals surface area contributed by atoms with Crippen LogP contribution in [0.25, 0.3) is 10.8 Å². The summed E-state index contributed by atoms with van der Waals surface area (Å²) in [5.74, 6) is -1.26. The first-order chi connectivity index (χ1) is 12.9. The van der Waals surface area contributed by atoms with E-state index in [1.807, 2.05) is 30.3 Å². The second kappa shape index (κ2) is 7.70. The van der Waals surface area contributed by atoms with E-state index in [1.54, 1.807) is 36.4 Å². The van der Waals surface area contributed by atoms with Crippen LogP contribution >= 0.6 is 0 Å². The fourth-order valence-electron chi connectivity index (χ4n) is 2.97. The molecule has 3 aromatic rings. The summed E-state index contributed by atoms with van der Waals surface area (Å²) in [5.41, 5.74) is 1.26. The highest BCUT2D eigenvalue weighted by Gasteiger charge is 2.42. The van der Waals surface area contributed by atoms with Gasteiger partial charge in [0.05, 0.1) is 7.11 Å². The highest BCUT2D eigenvalue weighted by Crippen LogP contribution is 2.25. The minimum absolute atomic E-state index is 0.133. The van der Waals surface area contributed by atoms with Crippen molar-refractivity contribution < 1.29 is 22.7 Å². The average Bonchev–Trinajstić information content (AvgIpc) is 2.67. The molecule has 0 radical (unpaired) electrons. The van der Waals surface area contributed by atoms with Crippen LogP contribution in [0, 0.1) is 0 Å². The normalized spacial score (nSPS) is 11.4. The van der Waals surface area contributed by atoms with E-state index in [-0.39, 0.29) is 13.1 Å². The summed E-state index contributed by atoms with van der Waals surface area (Å²) in [6, 6.07) is 19.4. The van der Waals surface area contributed by atoms with E-state index in [4.69, 9.17) is 4.74 Å². The number of carbonyl (C=O) groups excluding carboxylic acids is 1. The molecule has 3 rings (SSSR count). The lowest BCUT2D eigenvalue weighted by Crippen LogP contribution is -2.40. The lowest BCUT2D eigenvalue weighted by atomic mass is 10.0. The van der Waals surface area contributed by atoms with Crippen LogP contribution in [0.15, 0.2) is 66.7 Å². The lowest BCUT2D eigenvalue weighted by Gasteiger charge is -2.25. The molecule has 0 bridgehead atoms. The molecule has 0 heterocycles. The van der Waals surface area contributed by atoms with Crippen LogP contribution < -0.4 is 4.74 Å². The Kier molecular flexibility index (Phi) is 5.35. The van der Waals surface area contributed by atoms with Crippen molar-refractivity contribution in [2.24, 2.45) is 0 Å². The van der Waals surface area contributed by atoms with Crippen LogP contribution in [-0.4, -0.2) is 24.1 Å². The number of carbonyl (C=O) groups is 1. The van der Waals surface area contributed by atoms with Gasteiger partial charge in [-0.3, -0.25) is 4.79 Å². The molecule has 0 fully saturated rings. The molecule has 0 aliphatic rings. The van der Waals surface area contributed by atoms with Crippen LogP contribution in [-0.2, 0) is 17.9 Å². The van der Waals surface area contributed by atoms with Gasteiger partial charge in [0.25, 0.3) is 0 Å². The Morgan fingerprint density at radius 2 is 1.59 bits per heavy atom. The molecule has 0 aromatic heterocycles. The van der Waals surface area contributed by atoms with Crippen molar-refractivity contribution in [3.05, 3.63) is 77.9 Å². The highest BCUT2D eigenvalue weighted by molar-refractivity contribution is 5.87. The Morgan fingerprint density at radius 3 is 2.26 bits per heavy atom. The third-order valence-corrected chi connectivity index (χ3v) is 4.30. The number of benzene rings is 3. The second-order valence-electron chi connectivity index (χ2n) is 6.15. The fourth-order valence-corrected chi connectivity index (χ4v) is 2.97. The molecule has 0 aliphatic carbocycles. The van der Waals surface area contributed by atoms with Crippen LogP contribution in [0.4, 0.5) is 13.2 Å². The van der Waals surface area contributed by atoms with Gasteiger partial charge in [0.15, 0.2) is 0 Å². The summed E-state index contributed by atoms with van der Waals surface area (Å²) < 4.78 is 44.4. The van der Waals surface area contributed by atoms with Gasteiger partial charge < -0.3 is 9.64 Å². The molecule has 0 unspecified atom stereocenters. The number of hydrogen-bond acceptors (Lipinski definition) is 2. The first-order valence-corrected chi connectivity index (χ1v) is 8.34. The van der Waals surface area contributed by atoms with Gasteiger partial charge in [-0.15, -0.1) is 0 Å². The molecular formula is C21H18F3NO2. The van der Waals surface area contributed by atoms with E-state index in [0.29, 0.717) is 16.9 Å². The molecule has 0 saturated heterocycles. The number of ether oxygens (including phenoxy) is 1. The van der Waals surface area contributed by atoms with E-state index < -0.39 is 12.1 Å². The quantitative estimate of drug-likeness (QED) is 0.634. The Labute approximate surface area is 155 Å². The van der Waals surface area contributed by atoms with Crippen molar-refractivity contribution >= 4 is 16.7 Å². The molecule has 140 valence electrons. The van der Waals surface area contributed by atoms with E-state index in [1.165, 1.54) is 7.11 Å². The molecule has 0 atom stereocenters. The average molecular weight is 373 g/mol. The molecule has 0 saturated carbocycles. The summed E-state index contributed by atoms with van der Waals surface area (Å²) in [6.07, 6.45) is -4.93. The van der Waals surface area contributed by atoms with Crippen molar-refractivity contribution in [2.75, 3.05) is 7.11 Å². The molecule has 0 N–H and O–H groups in total. The lowest BCUT2D eigenvalue weighted by molar-refractivity contribution is -0.186. The summed E-state index contributed by atoms with van der Waals surface area (Å²) in [4.78, 5) is 12.8. The predicted octanol–water partition coefficient (Wildman–Crippen LogP) is 4.94. The summed E-state index contributed by atoms with van der Waals surface area (Å²) >= 11 is 0. The van der Waals surface area contributed by atoms with E-state index in [9.17, 15) is 18.0 Å². The largest absolute Gasteiger partial charge is 0.497 e. The van der Waals surface area contributed by atoms with Crippen molar-refractivity contribution in [2.45, 2.75) is 19.3 Å². The summed E-state index contributed by atoms with van der Waals surface area (Å²) in [7, 11) is 1.51. The zero-order chi connectivity index (χ0) is 19.4. The Balaban J connectivity index is 1.92. The Morgan fingerprint density at radius 1 is 0.926 bits per heavy atom. The maximum Gasteiger partial charge on any atom is 0.471 e. The number of nitrogens with zero attached hydrogens (tertiary/aromatic N) is 1. The maximum absolute atomic E-state index is 13.1. The Hall–Kier alpha value is -3.02. The molecule has 27 heavy (non-hydrogen) atoms. The number of fused-ring (bicyclic) bond motifs is 1. The standard InChI is InChI=1S/C21H18F3NO2/c1-27-18-11-9-15(10-12-18)13-25(20(26)21(22,23)24)14-17-7-4-6-16-5-2-3-8-19(16)17/h2-12H,13-14H2,1H3. The van der Waals surface area contributed by atoms with Crippen molar-refractivity contribution in [1.82, 2.24) is 4.90 Å². The smallest absolute Gasteiger partial charge is 0.471 e. The SMILES string of the molecule is COc1ccc(CN(Cc2cccc3ccccc23)C(=O)C(F)(F)F)cc1. The van der Waals surface area contributed by atoms with E-state index in [2.05, 4.69) is 0 Å². The number of amides is 1. The predicted molar refractivity (Wildman–Crippen MR) is 97.3 cm³/mol. The highest BCUT2D eigenvalue weighted by atomic mass is 19.4. The number of rotatable bonds is 5. The van der Waals surface area contributed by atoms with Gasteiger partial charge in [-0.05, 0) is 34.0 Å².